The van der Waals surface area contributed by atoms with Crippen molar-refractivity contribution >= 4 is 19.8 Å². The van der Waals surface area contributed by atoms with Crippen molar-refractivity contribution in [2.24, 2.45) is 0 Å². The molecule has 0 spiro atoms. The molecule has 314 valence electrons. The van der Waals surface area contributed by atoms with Gasteiger partial charge in [-0.15, -0.1) is 0 Å². The second-order valence-electron chi connectivity index (χ2n) is 15.4. The molecule has 0 amide bonds. The van der Waals surface area contributed by atoms with Gasteiger partial charge in [0.25, 0.3) is 0 Å². The van der Waals surface area contributed by atoms with Gasteiger partial charge in [0, 0.05) is 12.8 Å². The fraction of sp³-hybridized carbons (Fsp3) is 0.909. The first-order chi connectivity index (χ1) is 25.8. The fourth-order valence-electron chi connectivity index (χ4n) is 6.66. The van der Waals surface area contributed by atoms with E-state index < -0.39 is 32.5 Å². The van der Waals surface area contributed by atoms with Gasteiger partial charge in [-0.25, -0.2) is 4.57 Å². The Morgan fingerprint density at radius 2 is 0.792 bits per heavy atom. The molecule has 0 aromatic carbocycles. The number of esters is 2. The summed E-state index contributed by atoms with van der Waals surface area (Å²) in [7, 11) is -4.75. The lowest BCUT2D eigenvalue weighted by Gasteiger charge is -2.18. The van der Waals surface area contributed by atoms with E-state index in [2.05, 4.69) is 30.5 Å². The van der Waals surface area contributed by atoms with Gasteiger partial charge in [0.05, 0.1) is 6.61 Å². The quantitative estimate of drug-likeness (QED) is 0.0272. The van der Waals surface area contributed by atoms with Crippen molar-refractivity contribution in [2.75, 3.05) is 13.2 Å². The lowest BCUT2D eigenvalue weighted by Crippen LogP contribution is -2.29. The Morgan fingerprint density at radius 3 is 1.15 bits per heavy atom. The van der Waals surface area contributed by atoms with Gasteiger partial charge >= 0.3 is 19.8 Å². The monoisotopic (exact) mass is 773 g/mol. The summed E-state index contributed by atoms with van der Waals surface area (Å²) in [6, 6.07) is 0. The Bertz CT molecular complexity index is 873. The summed E-state index contributed by atoms with van der Waals surface area (Å²) in [6.07, 6.45) is 45.1. The predicted octanol–water partition coefficient (Wildman–Crippen LogP) is 13.8. The van der Waals surface area contributed by atoms with Crippen molar-refractivity contribution in [1.82, 2.24) is 0 Å². The molecule has 0 aromatic rings. The molecule has 0 bridgehead atoms. The van der Waals surface area contributed by atoms with Crippen LogP contribution >= 0.6 is 7.82 Å². The van der Waals surface area contributed by atoms with Gasteiger partial charge in [-0.1, -0.05) is 199 Å². The topological polar surface area (TPSA) is 119 Å². The van der Waals surface area contributed by atoms with Crippen LogP contribution in [0.3, 0.4) is 0 Å². The molecule has 2 N–H and O–H groups in total. The second-order valence-corrected chi connectivity index (χ2v) is 16.6. The molecule has 0 aliphatic carbocycles. The van der Waals surface area contributed by atoms with Crippen molar-refractivity contribution in [3.63, 3.8) is 0 Å². The first-order valence-electron chi connectivity index (χ1n) is 22.5. The normalized spacial score (nSPS) is 12.5. The summed E-state index contributed by atoms with van der Waals surface area (Å²) in [6.45, 7) is 3.71. The highest BCUT2D eigenvalue weighted by Crippen LogP contribution is 2.36. The number of hydrogen-bond acceptors (Lipinski definition) is 6. The molecule has 9 heteroatoms. The maximum atomic E-state index is 12.4. The molecule has 0 rings (SSSR count). The highest BCUT2D eigenvalue weighted by molar-refractivity contribution is 7.46. The Labute approximate surface area is 327 Å². The highest BCUT2D eigenvalue weighted by Gasteiger charge is 2.23. The third-order valence-corrected chi connectivity index (χ3v) is 10.5. The molecule has 0 aliphatic rings. The summed E-state index contributed by atoms with van der Waals surface area (Å²) in [5, 5.41) is 0. The molecule has 53 heavy (non-hydrogen) atoms. The first-order valence-corrected chi connectivity index (χ1v) is 24.0. The van der Waals surface area contributed by atoms with E-state index in [0.29, 0.717) is 6.42 Å². The smallest absolute Gasteiger partial charge is 0.462 e. The number of rotatable bonds is 42. The van der Waals surface area contributed by atoms with Gasteiger partial charge in [-0.2, -0.15) is 0 Å². The van der Waals surface area contributed by atoms with Crippen LogP contribution in [0, 0.1) is 0 Å². The number of phosphoric acid groups is 1. The molecule has 8 nitrogen and oxygen atoms in total. The third kappa shape index (κ3) is 43.4. The summed E-state index contributed by atoms with van der Waals surface area (Å²) in [4.78, 5) is 42.9. The standard InChI is InChI=1S/C44H85O8P/c1-3-5-7-9-11-13-15-17-19-21-22-23-25-26-28-30-32-34-36-38-43(45)50-40-42(41-51-53(47,48)49)52-44(46)39-37-35-33-31-29-27-24-20-18-16-14-12-10-8-6-4-2/h20,24,42H,3-19,21-23,25-41H2,1-2H3,(H2,47,48,49)/b24-20-. The Kier molecular flexibility index (Phi) is 39.5. The van der Waals surface area contributed by atoms with Crippen LogP contribution in [0.1, 0.15) is 239 Å². The van der Waals surface area contributed by atoms with E-state index in [1.807, 2.05) is 0 Å². The fourth-order valence-corrected chi connectivity index (χ4v) is 7.02. The van der Waals surface area contributed by atoms with Crippen LogP contribution in [0.4, 0.5) is 0 Å². The van der Waals surface area contributed by atoms with Crippen LogP contribution in [-0.4, -0.2) is 41.0 Å². The number of ether oxygens (including phenoxy) is 2. The van der Waals surface area contributed by atoms with E-state index in [9.17, 15) is 14.2 Å². The van der Waals surface area contributed by atoms with Crippen LogP contribution in [0.5, 0.6) is 0 Å². The molecule has 0 heterocycles. The van der Waals surface area contributed by atoms with Crippen LogP contribution in [0.2, 0.25) is 0 Å². The molecular weight excluding hydrogens is 687 g/mol. The molecule has 0 saturated carbocycles. The van der Waals surface area contributed by atoms with Crippen LogP contribution in [-0.2, 0) is 28.2 Å². The van der Waals surface area contributed by atoms with E-state index in [4.69, 9.17) is 19.3 Å². The maximum Gasteiger partial charge on any atom is 0.469 e. The summed E-state index contributed by atoms with van der Waals surface area (Å²) in [5.41, 5.74) is 0. The van der Waals surface area contributed by atoms with Crippen molar-refractivity contribution in [1.29, 1.82) is 0 Å². The van der Waals surface area contributed by atoms with Crippen molar-refractivity contribution in [3.05, 3.63) is 12.2 Å². The molecule has 0 aliphatic heterocycles. The SMILES string of the molecule is CCCCCCCCC/C=C\CCCCCCCC(=O)OC(COC(=O)CCCCCCCCCCCCCCCCCCCCC)COP(=O)(O)O. The zero-order valence-corrected chi connectivity index (χ0v) is 35.6. The van der Waals surface area contributed by atoms with E-state index in [-0.39, 0.29) is 19.4 Å². The molecule has 0 radical (unpaired) electrons. The van der Waals surface area contributed by atoms with Crippen molar-refractivity contribution in [3.8, 4) is 0 Å². The molecule has 0 fully saturated rings. The summed E-state index contributed by atoms with van der Waals surface area (Å²) >= 11 is 0. The lowest BCUT2D eigenvalue weighted by atomic mass is 10.0. The van der Waals surface area contributed by atoms with Gasteiger partial charge < -0.3 is 19.3 Å². The number of phosphoric ester groups is 1. The van der Waals surface area contributed by atoms with Gasteiger partial charge in [-0.3, -0.25) is 14.1 Å². The van der Waals surface area contributed by atoms with Crippen molar-refractivity contribution in [2.45, 2.75) is 245 Å². The van der Waals surface area contributed by atoms with Crippen LogP contribution in [0.25, 0.3) is 0 Å². The molecule has 1 unspecified atom stereocenters. The predicted molar refractivity (Wildman–Crippen MR) is 221 cm³/mol. The van der Waals surface area contributed by atoms with E-state index >= 15 is 0 Å². The Morgan fingerprint density at radius 1 is 0.472 bits per heavy atom. The minimum atomic E-state index is -4.75. The van der Waals surface area contributed by atoms with Gasteiger partial charge in [0.2, 0.25) is 0 Å². The van der Waals surface area contributed by atoms with E-state index in [0.717, 1.165) is 51.4 Å². The number of carbonyl (C=O) groups excluding carboxylic acids is 2. The Balaban J connectivity index is 3.85. The lowest BCUT2D eigenvalue weighted by molar-refractivity contribution is -0.161. The molecule has 0 aromatic heterocycles. The van der Waals surface area contributed by atoms with Crippen LogP contribution < -0.4 is 0 Å². The average molecular weight is 773 g/mol. The van der Waals surface area contributed by atoms with Gasteiger partial charge in [0.15, 0.2) is 6.10 Å². The first kappa shape index (κ1) is 51.8. The van der Waals surface area contributed by atoms with Gasteiger partial charge in [-0.05, 0) is 38.5 Å². The number of carbonyl (C=O) groups is 2. The second kappa shape index (κ2) is 40.5. The van der Waals surface area contributed by atoms with Crippen LogP contribution in [0.15, 0.2) is 12.2 Å². The minimum absolute atomic E-state index is 0.206. The zero-order chi connectivity index (χ0) is 38.9. The third-order valence-electron chi connectivity index (χ3n) is 10.0. The summed E-state index contributed by atoms with van der Waals surface area (Å²) in [5.74, 6) is -0.880. The number of unbranched alkanes of at least 4 members (excludes halogenated alkanes) is 30. The van der Waals surface area contributed by atoms with Gasteiger partial charge in [0.1, 0.15) is 6.61 Å². The van der Waals surface area contributed by atoms with E-state index in [1.165, 1.54) is 154 Å². The maximum absolute atomic E-state index is 12.4. The molecule has 0 saturated heterocycles. The number of allylic oxidation sites excluding steroid dienone is 2. The Hall–Kier alpha value is -1.21. The summed E-state index contributed by atoms with van der Waals surface area (Å²) < 4.78 is 26.4. The molecule has 1 atom stereocenters. The number of hydrogen-bond donors (Lipinski definition) is 2. The minimum Gasteiger partial charge on any atom is -0.462 e. The largest absolute Gasteiger partial charge is 0.469 e. The zero-order valence-electron chi connectivity index (χ0n) is 34.7. The van der Waals surface area contributed by atoms with E-state index in [1.54, 1.807) is 0 Å². The van der Waals surface area contributed by atoms with Crippen molar-refractivity contribution < 1.29 is 37.9 Å². The molecular formula is C44H85O8P. The average Bonchev–Trinajstić information content (AvgIpc) is 3.13. The highest BCUT2D eigenvalue weighted by atomic mass is 31.2.